The molecule has 0 spiro atoms. The Morgan fingerprint density at radius 1 is 0.852 bits per heavy atom. The van der Waals surface area contributed by atoms with E-state index in [1.54, 1.807) is 12.1 Å². The summed E-state index contributed by atoms with van der Waals surface area (Å²) in [5, 5.41) is 14.6. The highest BCUT2D eigenvalue weighted by Crippen LogP contribution is 2.21. The number of benzene rings is 2. The Hall–Kier alpha value is -1.46. The molecule has 0 unspecified atom stereocenters. The van der Waals surface area contributed by atoms with Gasteiger partial charge in [0.2, 0.25) is 0 Å². The summed E-state index contributed by atoms with van der Waals surface area (Å²) < 4.78 is 0.702. The maximum atomic E-state index is 12.9. The van der Waals surface area contributed by atoms with Crippen LogP contribution in [0, 0.1) is 3.57 Å². The van der Waals surface area contributed by atoms with Crippen LogP contribution in [0.5, 0.6) is 0 Å². The first-order valence-electron chi connectivity index (χ1n) is 8.79. The Morgan fingerprint density at radius 3 is 1.78 bits per heavy atom. The number of carbonyl (C=O) groups excluding carboxylic acids is 1. The molecule has 2 aromatic carbocycles. The molecular formula is C20H26INO3Si2. The fourth-order valence-electron chi connectivity index (χ4n) is 2.57. The monoisotopic (exact) mass is 511 g/mol. The molecule has 2 rings (SSSR count). The zero-order chi connectivity index (χ0) is 20.6. The maximum Gasteiger partial charge on any atom is 0.335 e. The highest BCUT2D eigenvalue weighted by atomic mass is 127. The lowest BCUT2D eigenvalue weighted by Gasteiger charge is -2.24. The average molecular weight is 512 g/mol. The van der Waals surface area contributed by atoms with Gasteiger partial charge in [-0.15, -0.1) is 0 Å². The van der Waals surface area contributed by atoms with Crippen LogP contribution in [0.15, 0.2) is 36.4 Å². The Bertz CT molecular complexity index is 867. The van der Waals surface area contributed by atoms with Gasteiger partial charge in [-0.3, -0.25) is 4.79 Å². The van der Waals surface area contributed by atoms with Crippen LogP contribution in [0.2, 0.25) is 39.3 Å². The lowest BCUT2D eigenvalue weighted by molar-refractivity contribution is 0.0696. The SMILES string of the molecule is C[Si](C)(C)c1cc(C(=O)Nc2ccc(C(=O)O)cc2I)cc([Si](C)(C)C)c1. The van der Waals surface area contributed by atoms with E-state index in [-0.39, 0.29) is 11.5 Å². The number of nitrogens with one attached hydrogen (secondary N) is 1. The number of hydrogen-bond donors (Lipinski definition) is 2. The van der Waals surface area contributed by atoms with Crippen LogP contribution < -0.4 is 15.7 Å². The zero-order valence-electron chi connectivity index (χ0n) is 16.6. The van der Waals surface area contributed by atoms with E-state index in [2.05, 4.69) is 50.7 Å². The molecule has 0 radical (unpaired) electrons. The molecule has 2 N–H and O–H groups in total. The smallest absolute Gasteiger partial charge is 0.335 e. The summed E-state index contributed by atoms with van der Waals surface area (Å²) in [5.41, 5.74) is 1.50. The second kappa shape index (κ2) is 7.88. The summed E-state index contributed by atoms with van der Waals surface area (Å²) in [5.74, 6) is -1.14. The third-order valence-corrected chi connectivity index (χ3v) is 9.33. The number of carboxylic acid groups (broad SMARTS) is 1. The molecule has 4 nitrogen and oxygen atoms in total. The fourth-order valence-corrected chi connectivity index (χ4v) is 5.72. The van der Waals surface area contributed by atoms with Crippen molar-refractivity contribution in [2.75, 3.05) is 5.32 Å². The van der Waals surface area contributed by atoms with Gasteiger partial charge in [-0.25, -0.2) is 4.79 Å². The maximum absolute atomic E-state index is 12.9. The van der Waals surface area contributed by atoms with Gasteiger partial charge in [-0.1, -0.05) is 67.9 Å². The van der Waals surface area contributed by atoms with Crippen molar-refractivity contribution in [3.8, 4) is 0 Å². The van der Waals surface area contributed by atoms with Gasteiger partial charge in [0.15, 0.2) is 0 Å². The minimum Gasteiger partial charge on any atom is -0.478 e. The van der Waals surface area contributed by atoms with Crippen molar-refractivity contribution in [2.24, 2.45) is 0 Å². The van der Waals surface area contributed by atoms with Crippen molar-refractivity contribution in [3.05, 3.63) is 51.1 Å². The van der Waals surface area contributed by atoms with E-state index >= 15 is 0 Å². The zero-order valence-corrected chi connectivity index (χ0v) is 20.8. The molecule has 1 amide bonds. The fraction of sp³-hybridized carbons (Fsp3) is 0.300. The molecule has 0 aliphatic carbocycles. The number of halogens is 1. The van der Waals surface area contributed by atoms with Crippen molar-refractivity contribution < 1.29 is 14.7 Å². The van der Waals surface area contributed by atoms with Crippen LogP contribution in [0.3, 0.4) is 0 Å². The van der Waals surface area contributed by atoms with E-state index in [4.69, 9.17) is 5.11 Å². The quantitative estimate of drug-likeness (QED) is 0.464. The van der Waals surface area contributed by atoms with Crippen molar-refractivity contribution in [1.82, 2.24) is 0 Å². The molecule has 0 atom stereocenters. The molecular weight excluding hydrogens is 485 g/mol. The topological polar surface area (TPSA) is 66.4 Å². The molecule has 144 valence electrons. The van der Waals surface area contributed by atoms with E-state index in [1.165, 1.54) is 16.4 Å². The molecule has 0 aliphatic rings. The lowest BCUT2D eigenvalue weighted by atomic mass is 10.2. The second-order valence-corrected chi connectivity index (χ2v) is 20.1. The van der Waals surface area contributed by atoms with E-state index in [9.17, 15) is 9.59 Å². The third-order valence-electron chi connectivity index (χ3n) is 4.39. The summed E-state index contributed by atoms with van der Waals surface area (Å²) in [6.07, 6.45) is 0. The highest BCUT2D eigenvalue weighted by molar-refractivity contribution is 14.1. The Balaban J connectivity index is 2.42. The van der Waals surface area contributed by atoms with Crippen LogP contribution in [0.1, 0.15) is 20.7 Å². The first-order chi connectivity index (χ1) is 12.3. The van der Waals surface area contributed by atoms with E-state index in [0.29, 0.717) is 14.8 Å². The first kappa shape index (κ1) is 21.8. The number of anilines is 1. The third kappa shape index (κ3) is 5.52. The molecule has 0 saturated carbocycles. The van der Waals surface area contributed by atoms with Gasteiger partial charge >= 0.3 is 5.97 Å². The van der Waals surface area contributed by atoms with E-state index in [1.807, 2.05) is 34.7 Å². The molecule has 27 heavy (non-hydrogen) atoms. The lowest BCUT2D eigenvalue weighted by Crippen LogP contribution is -2.46. The molecule has 0 fully saturated rings. The first-order valence-corrected chi connectivity index (χ1v) is 16.9. The Kier molecular flexibility index (Phi) is 6.38. The highest BCUT2D eigenvalue weighted by Gasteiger charge is 2.24. The van der Waals surface area contributed by atoms with Gasteiger partial charge in [0.25, 0.3) is 5.91 Å². The summed E-state index contributed by atoms with van der Waals surface area (Å²) in [4.78, 5) is 24.0. The van der Waals surface area contributed by atoms with Crippen LogP contribution >= 0.6 is 22.6 Å². The summed E-state index contributed by atoms with van der Waals surface area (Å²) >= 11 is 2.05. The van der Waals surface area contributed by atoms with Crippen molar-refractivity contribution in [2.45, 2.75) is 39.3 Å². The van der Waals surface area contributed by atoms with E-state index < -0.39 is 22.1 Å². The molecule has 7 heteroatoms. The molecule has 0 bridgehead atoms. The van der Waals surface area contributed by atoms with E-state index in [0.717, 1.165) is 0 Å². The molecule has 2 aromatic rings. The van der Waals surface area contributed by atoms with Crippen molar-refractivity contribution >= 4 is 66.7 Å². The van der Waals surface area contributed by atoms with Gasteiger partial charge in [0.05, 0.1) is 27.4 Å². The van der Waals surface area contributed by atoms with Crippen LogP contribution in [0.4, 0.5) is 5.69 Å². The summed E-state index contributed by atoms with van der Waals surface area (Å²) in [7, 11) is -3.14. The predicted octanol–water partition coefficient (Wildman–Crippen LogP) is 4.33. The normalized spacial score (nSPS) is 12.0. The van der Waals surface area contributed by atoms with Gasteiger partial charge < -0.3 is 10.4 Å². The van der Waals surface area contributed by atoms with Crippen LogP contribution in [-0.2, 0) is 0 Å². The second-order valence-electron chi connectivity index (χ2n) is 8.75. The minimum absolute atomic E-state index is 0.157. The van der Waals surface area contributed by atoms with Crippen LogP contribution in [0.25, 0.3) is 0 Å². The average Bonchev–Trinajstić information content (AvgIpc) is 2.54. The van der Waals surface area contributed by atoms with Gasteiger partial charge in [0.1, 0.15) is 0 Å². The Morgan fingerprint density at radius 2 is 1.37 bits per heavy atom. The number of rotatable bonds is 5. The van der Waals surface area contributed by atoms with Crippen molar-refractivity contribution in [1.29, 1.82) is 0 Å². The van der Waals surface area contributed by atoms with Gasteiger partial charge in [-0.05, 0) is 40.8 Å². The standard InChI is InChI=1S/C20H26INO3Si2/c1-26(2,3)15-9-14(10-16(12-15)27(4,5)6)19(23)22-18-8-7-13(20(24)25)11-17(18)21/h7-12H,1-6H3,(H,22,23)(H,24,25). The van der Waals surface area contributed by atoms with Crippen LogP contribution in [-0.4, -0.2) is 33.1 Å². The molecule has 0 heterocycles. The number of hydrogen-bond acceptors (Lipinski definition) is 2. The predicted molar refractivity (Wildman–Crippen MR) is 126 cm³/mol. The number of amides is 1. The number of aromatic carboxylic acids is 1. The largest absolute Gasteiger partial charge is 0.478 e. The number of carbonyl (C=O) groups is 2. The molecule has 0 aliphatic heterocycles. The Labute approximate surface area is 176 Å². The summed E-state index contributed by atoms with van der Waals surface area (Å²) in [6, 6.07) is 11.0. The minimum atomic E-state index is -1.57. The molecule has 0 saturated heterocycles. The summed E-state index contributed by atoms with van der Waals surface area (Å²) in [6.45, 7) is 13.7. The van der Waals surface area contributed by atoms with Crippen molar-refractivity contribution in [3.63, 3.8) is 0 Å². The van der Waals surface area contributed by atoms with Gasteiger partial charge in [0, 0.05) is 9.13 Å². The van der Waals surface area contributed by atoms with Gasteiger partial charge in [-0.2, -0.15) is 0 Å². The molecule has 0 aromatic heterocycles. The number of carboxylic acids is 1.